The zero-order valence-corrected chi connectivity index (χ0v) is 29.1. The molecule has 0 saturated carbocycles. The monoisotopic (exact) mass is 669 g/mol. The highest BCUT2D eigenvalue weighted by Crippen LogP contribution is 2.46. The lowest BCUT2D eigenvalue weighted by molar-refractivity contribution is 0.949. The van der Waals surface area contributed by atoms with Gasteiger partial charge in [0.2, 0.25) is 0 Å². The molecule has 7 aromatic carbocycles. The third kappa shape index (κ3) is 4.20. The summed E-state index contributed by atoms with van der Waals surface area (Å²) in [6, 6.07) is 55.6. The molecule has 0 atom stereocenters. The van der Waals surface area contributed by atoms with Gasteiger partial charge in [-0.15, -0.1) is 0 Å². The molecule has 1 aliphatic heterocycles. The Morgan fingerprint density at radius 3 is 2.12 bits per heavy atom. The number of anilines is 3. The zero-order chi connectivity index (χ0) is 34.5. The summed E-state index contributed by atoms with van der Waals surface area (Å²) in [6.45, 7) is 0.774. The normalized spacial score (nSPS) is 13.3. The SMILES string of the molecule is CN1CN(c2cc(-n3c4ccccc4c4ccc(-c5nc6ccccc6n5C)cc43)ccc2-c2ccc3c(c2)Cc2ccccc2-3)c2ccccc21. The number of imidazole rings is 1. The molecule has 0 N–H and O–H groups in total. The molecular weight excluding hydrogens is 635 g/mol. The van der Waals surface area contributed by atoms with Crippen LogP contribution in [-0.4, -0.2) is 27.8 Å². The van der Waals surface area contributed by atoms with Crippen LogP contribution >= 0.6 is 0 Å². The van der Waals surface area contributed by atoms with Crippen LogP contribution in [-0.2, 0) is 13.5 Å². The largest absolute Gasteiger partial charge is 0.355 e. The molecule has 3 heterocycles. The van der Waals surface area contributed by atoms with Gasteiger partial charge in [-0.1, -0.05) is 103 Å². The van der Waals surface area contributed by atoms with E-state index >= 15 is 0 Å². The average Bonchev–Trinajstić information content (AvgIpc) is 3.93. The molecular formula is C47H35N5. The number of benzene rings is 7. The lowest BCUT2D eigenvalue weighted by Gasteiger charge is -2.24. The summed E-state index contributed by atoms with van der Waals surface area (Å²) >= 11 is 0. The molecule has 0 fully saturated rings. The lowest BCUT2D eigenvalue weighted by atomic mass is 9.97. The van der Waals surface area contributed by atoms with E-state index in [1.165, 1.54) is 72.2 Å². The maximum Gasteiger partial charge on any atom is 0.140 e. The Balaban J connectivity index is 1.13. The number of fused-ring (bicyclic) bond motifs is 8. The quantitative estimate of drug-likeness (QED) is 0.187. The molecule has 248 valence electrons. The molecule has 0 unspecified atom stereocenters. The predicted octanol–water partition coefficient (Wildman–Crippen LogP) is 11.1. The first kappa shape index (κ1) is 29.2. The van der Waals surface area contributed by atoms with Crippen molar-refractivity contribution in [3.63, 3.8) is 0 Å². The fraction of sp³-hybridized carbons (Fsp3) is 0.0851. The van der Waals surface area contributed by atoms with E-state index in [0.29, 0.717) is 0 Å². The lowest BCUT2D eigenvalue weighted by Crippen LogP contribution is -2.24. The van der Waals surface area contributed by atoms with Crippen LogP contribution in [0.15, 0.2) is 152 Å². The predicted molar refractivity (Wildman–Crippen MR) is 216 cm³/mol. The molecule has 0 spiro atoms. The van der Waals surface area contributed by atoms with Crippen LogP contribution in [0.3, 0.4) is 0 Å². The highest BCUT2D eigenvalue weighted by atomic mass is 15.4. The highest BCUT2D eigenvalue weighted by molar-refractivity contribution is 6.10. The van der Waals surface area contributed by atoms with Crippen molar-refractivity contribution in [2.45, 2.75) is 6.42 Å². The smallest absolute Gasteiger partial charge is 0.140 e. The third-order valence-corrected chi connectivity index (χ3v) is 11.3. The van der Waals surface area contributed by atoms with Crippen LogP contribution in [0.1, 0.15) is 11.1 Å². The van der Waals surface area contributed by atoms with E-state index in [9.17, 15) is 0 Å². The van der Waals surface area contributed by atoms with E-state index in [1.807, 2.05) is 0 Å². The van der Waals surface area contributed by atoms with Crippen LogP contribution < -0.4 is 9.80 Å². The topological polar surface area (TPSA) is 29.2 Å². The number of hydrogen-bond donors (Lipinski definition) is 0. The summed E-state index contributed by atoms with van der Waals surface area (Å²) in [5, 5.41) is 2.47. The standard InChI is InChI=1S/C47H35N5/c1-49-29-51(44-18-10-9-17-43(44)49)45-28-34(21-24-37(45)31-19-22-36-33(26-31)25-30-11-3-4-12-35(30)36)52-41-15-7-5-13-38(41)39-23-20-32(27-46(39)52)47-48-40-14-6-8-16-42(40)50(47)2/h3-24,26-28H,25,29H2,1-2H3. The molecule has 11 rings (SSSR count). The van der Waals surface area contributed by atoms with Gasteiger partial charge >= 0.3 is 0 Å². The highest BCUT2D eigenvalue weighted by Gasteiger charge is 2.28. The Kier molecular flexibility index (Phi) is 6.14. The second kappa shape index (κ2) is 11.0. The van der Waals surface area contributed by atoms with Gasteiger partial charge in [0.25, 0.3) is 0 Å². The maximum atomic E-state index is 5.07. The fourth-order valence-electron chi connectivity index (χ4n) is 8.82. The van der Waals surface area contributed by atoms with Crippen LogP contribution in [0.2, 0.25) is 0 Å². The number of rotatable bonds is 4. The van der Waals surface area contributed by atoms with Gasteiger partial charge in [0, 0.05) is 41.7 Å². The summed E-state index contributed by atoms with van der Waals surface area (Å²) < 4.78 is 4.64. The second-order valence-corrected chi connectivity index (χ2v) is 14.2. The van der Waals surface area contributed by atoms with Crippen molar-refractivity contribution in [1.29, 1.82) is 0 Å². The third-order valence-electron chi connectivity index (χ3n) is 11.3. The minimum Gasteiger partial charge on any atom is -0.355 e. The Hall–Kier alpha value is -6.59. The molecule has 0 saturated heterocycles. The summed E-state index contributed by atoms with van der Waals surface area (Å²) in [7, 11) is 4.29. The number of aromatic nitrogens is 3. The van der Waals surface area contributed by atoms with E-state index < -0.39 is 0 Å². The second-order valence-electron chi connectivity index (χ2n) is 14.2. The van der Waals surface area contributed by atoms with Gasteiger partial charge < -0.3 is 18.9 Å². The van der Waals surface area contributed by atoms with Crippen LogP contribution in [0.4, 0.5) is 17.1 Å². The summed E-state index contributed by atoms with van der Waals surface area (Å²) in [4.78, 5) is 9.89. The van der Waals surface area contributed by atoms with Gasteiger partial charge in [0.05, 0.1) is 45.8 Å². The molecule has 1 aliphatic carbocycles. The van der Waals surface area contributed by atoms with Crippen LogP contribution in [0.5, 0.6) is 0 Å². The van der Waals surface area contributed by atoms with E-state index in [4.69, 9.17) is 4.98 Å². The van der Waals surface area contributed by atoms with Gasteiger partial charge in [-0.2, -0.15) is 0 Å². The van der Waals surface area contributed by atoms with E-state index in [0.717, 1.165) is 41.2 Å². The molecule has 0 bridgehead atoms. The van der Waals surface area contributed by atoms with Gasteiger partial charge in [0.1, 0.15) is 5.82 Å². The Labute approximate surface area is 302 Å². The number of hydrogen-bond acceptors (Lipinski definition) is 3. The molecule has 0 radical (unpaired) electrons. The number of aryl methyl sites for hydroxylation is 1. The van der Waals surface area contributed by atoms with Crippen molar-refractivity contribution < 1.29 is 0 Å². The summed E-state index contributed by atoms with van der Waals surface area (Å²) in [5.41, 5.74) is 18.4. The minimum atomic E-state index is 0.774. The van der Waals surface area contributed by atoms with Crippen molar-refractivity contribution in [3.8, 4) is 39.3 Å². The Bertz CT molecular complexity index is 2910. The molecule has 2 aliphatic rings. The van der Waals surface area contributed by atoms with Gasteiger partial charge in [-0.05, 0) is 82.8 Å². The van der Waals surface area contributed by atoms with Crippen molar-refractivity contribution in [3.05, 3.63) is 163 Å². The van der Waals surface area contributed by atoms with Gasteiger partial charge in [-0.3, -0.25) is 0 Å². The fourth-order valence-corrected chi connectivity index (χ4v) is 8.82. The molecule has 5 heteroatoms. The van der Waals surface area contributed by atoms with Crippen LogP contribution in [0, 0.1) is 0 Å². The molecule has 0 amide bonds. The van der Waals surface area contributed by atoms with Crippen molar-refractivity contribution in [2.24, 2.45) is 7.05 Å². The van der Waals surface area contributed by atoms with E-state index in [-0.39, 0.29) is 0 Å². The van der Waals surface area contributed by atoms with Crippen molar-refractivity contribution in [2.75, 3.05) is 23.5 Å². The maximum absolute atomic E-state index is 5.07. The average molecular weight is 670 g/mol. The number of nitrogens with zero attached hydrogens (tertiary/aromatic N) is 5. The first-order valence-electron chi connectivity index (χ1n) is 18.0. The first-order valence-corrected chi connectivity index (χ1v) is 18.0. The van der Waals surface area contributed by atoms with E-state index in [1.54, 1.807) is 0 Å². The Morgan fingerprint density at radius 2 is 1.21 bits per heavy atom. The van der Waals surface area contributed by atoms with Crippen molar-refractivity contribution in [1.82, 2.24) is 14.1 Å². The van der Waals surface area contributed by atoms with Gasteiger partial charge in [0.15, 0.2) is 0 Å². The number of para-hydroxylation sites is 5. The molecule has 52 heavy (non-hydrogen) atoms. The van der Waals surface area contributed by atoms with E-state index in [2.05, 4.69) is 185 Å². The molecule has 5 nitrogen and oxygen atoms in total. The summed E-state index contributed by atoms with van der Waals surface area (Å²) in [5.74, 6) is 0.964. The molecule has 2 aromatic heterocycles. The summed E-state index contributed by atoms with van der Waals surface area (Å²) in [6.07, 6.45) is 0.970. The van der Waals surface area contributed by atoms with Crippen molar-refractivity contribution >= 4 is 49.9 Å². The minimum absolute atomic E-state index is 0.774. The zero-order valence-electron chi connectivity index (χ0n) is 29.1. The molecule has 9 aromatic rings. The van der Waals surface area contributed by atoms with Crippen LogP contribution in [0.25, 0.3) is 72.2 Å². The Morgan fingerprint density at radius 1 is 0.500 bits per heavy atom. The first-order chi connectivity index (χ1) is 25.6. The van der Waals surface area contributed by atoms with Gasteiger partial charge in [-0.25, -0.2) is 4.98 Å².